The number of nitrogen functional groups attached to an aromatic ring is 1. The van der Waals surface area contributed by atoms with Crippen LogP contribution in [0.15, 0.2) is 15.3 Å². The van der Waals surface area contributed by atoms with Gasteiger partial charge in [0.05, 0.1) is 0 Å². The first-order valence-corrected chi connectivity index (χ1v) is 5.51. The molecule has 92 valence electrons. The van der Waals surface area contributed by atoms with Crippen LogP contribution in [0.5, 0.6) is 0 Å². The van der Waals surface area contributed by atoms with Crippen molar-refractivity contribution >= 4 is 11.8 Å². The lowest BCUT2D eigenvalue weighted by atomic mass is 9.96. The van der Waals surface area contributed by atoms with E-state index in [0.29, 0.717) is 17.9 Å². The van der Waals surface area contributed by atoms with Crippen LogP contribution in [0.4, 0.5) is 5.88 Å². The van der Waals surface area contributed by atoms with Crippen molar-refractivity contribution in [1.82, 2.24) is 5.32 Å². The van der Waals surface area contributed by atoms with Gasteiger partial charge < -0.3 is 21.2 Å². The summed E-state index contributed by atoms with van der Waals surface area (Å²) in [6.07, 6.45) is 1.62. The molecule has 0 spiro atoms. The lowest BCUT2D eigenvalue weighted by Gasteiger charge is -2.11. The average Bonchev–Trinajstić information content (AvgIpc) is 2.68. The number of nitrogens with two attached hydrogens (primary N) is 2. The molecule has 0 radical (unpaired) electrons. The van der Waals surface area contributed by atoms with E-state index >= 15 is 0 Å². The summed E-state index contributed by atoms with van der Waals surface area (Å²) in [4.78, 5) is 22.5. The second-order valence-electron chi connectivity index (χ2n) is 4.26. The van der Waals surface area contributed by atoms with Gasteiger partial charge >= 0.3 is 5.63 Å². The summed E-state index contributed by atoms with van der Waals surface area (Å²) in [5, 5.41) is 3.22. The van der Waals surface area contributed by atoms with Gasteiger partial charge in [0.1, 0.15) is 5.56 Å². The summed E-state index contributed by atoms with van der Waals surface area (Å²) in [6, 6.07) is 1.30. The maximum absolute atomic E-state index is 11.3. The van der Waals surface area contributed by atoms with Crippen LogP contribution in [-0.4, -0.2) is 19.0 Å². The van der Waals surface area contributed by atoms with Gasteiger partial charge in [-0.2, -0.15) is 0 Å². The van der Waals surface area contributed by atoms with Gasteiger partial charge in [-0.25, -0.2) is 4.79 Å². The van der Waals surface area contributed by atoms with Gasteiger partial charge in [-0.1, -0.05) is 0 Å². The summed E-state index contributed by atoms with van der Waals surface area (Å²) in [7, 11) is 0. The Morgan fingerprint density at radius 3 is 2.94 bits per heavy atom. The first-order valence-electron chi connectivity index (χ1n) is 5.51. The second kappa shape index (κ2) is 4.58. The Kier molecular flexibility index (Phi) is 3.14. The first-order chi connectivity index (χ1) is 8.08. The number of carbonyl (C=O) groups is 1. The van der Waals surface area contributed by atoms with Gasteiger partial charge in [0.2, 0.25) is 5.88 Å². The van der Waals surface area contributed by atoms with E-state index in [4.69, 9.17) is 11.5 Å². The summed E-state index contributed by atoms with van der Waals surface area (Å²) < 4.78 is 4.68. The highest BCUT2D eigenvalue weighted by Gasteiger charge is 2.21. The van der Waals surface area contributed by atoms with Crippen LogP contribution in [0.3, 0.4) is 0 Å². The van der Waals surface area contributed by atoms with Crippen molar-refractivity contribution in [1.29, 1.82) is 0 Å². The topological polar surface area (TPSA) is 111 Å². The standard InChI is InChI=1S/C11H15N3O3/c12-10(16)9-7(3-6-1-2-14-5-6)4-8(15)17-11(9)13/h4,6,14H,1-3,5,13H2,(H2,12,16). The van der Waals surface area contributed by atoms with Crippen molar-refractivity contribution in [2.24, 2.45) is 11.7 Å². The number of amides is 1. The van der Waals surface area contributed by atoms with Crippen LogP contribution in [0.2, 0.25) is 0 Å². The molecule has 1 fully saturated rings. The Morgan fingerprint density at radius 2 is 2.35 bits per heavy atom. The second-order valence-corrected chi connectivity index (χ2v) is 4.26. The molecule has 1 aliphatic rings. The van der Waals surface area contributed by atoms with E-state index in [2.05, 4.69) is 9.73 Å². The molecule has 0 aliphatic carbocycles. The van der Waals surface area contributed by atoms with E-state index in [9.17, 15) is 9.59 Å². The first kappa shape index (κ1) is 11.7. The Hall–Kier alpha value is -1.82. The number of anilines is 1. The molecule has 6 heteroatoms. The van der Waals surface area contributed by atoms with E-state index in [1.54, 1.807) is 0 Å². The maximum atomic E-state index is 11.3. The van der Waals surface area contributed by atoms with Crippen LogP contribution >= 0.6 is 0 Å². The van der Waals surface area contributed by atoms with Gasteiger partial charge in [-0.05, 0) is 37.4 Å². The van der Waals surface area contributed by atoms with Gasteiger partial charge in [0.15, 0.2) is 0 Å². The Labute approximate surface area is 98.0 Å². The Bertz CT molecular complexity index is 489. The van der Waals surface area contributed by atoms with Crippen molar-refractivity contribution in [3.8, 4) is 0 Å². The molecule has 1 aromatic rings. The van der Waals surface area contributed by atoms with Crippen LogP contribution in [-0.2, 0) is 6.42 Å². The molecule has 0 saturated carbocycles. The van der Waals surface area contributed by atoms with Crippen LogP contribution in [0, 0.1) is 5.92 Å². The third-order valence-corrected chi connectivity index (χ3v) is 2.99. The molecule has 1 aliphatic heterocycles. The molecule has 2 rings (SSSR count). The van der Waals surface area contributed by atoms with Crippen molar-refractivity contribution in [3.05, 3.63) is 27.6 Å². The molecule has 1 atom stereocenters. The number of primary amides is 1. The molecular formula is C11H15N3O3. The molecule has 1 saturated heterocycles. The van der Waals surface area contributed by atoms with Crippen LogP contribution < -0.4 is 22.4 Å². The predicted molar refractivity (Wildman–Crippen MR) is 62.6 cm³/mol. The van der Waals surface area contributed by atoms with E-state index < -0.39 is 11.5 Å². The summed E-state index contributed by atoms with van der Waals surface area (Å²) in [5.41, 5.74) is 10.9. The molecule has 2 heterocycles. The Balaban J connectivity index is 2.36. The van der Waals surface area contributed by atoms with E-state index in [1.807, 2.05) is 0 Å². The molecule has 0 bridgehead atoms. The zero-order chi connectivity index (χ0) is 12.4. The zero-order valence-electron chi connectivity index (χ0n) is 9.36. The number of nitrogens with one attached hydrogen (secondary N) is 1. The molecule has 1 amide bonds. The van der Waals surface area contributed by atoms with Crippen molar-refractivity contribution in [3.63, 3.8) is 0 Å². The number of carbonyl (C=O) groups excluding carboxylic acids is 1. The van der Waals surface area contributed by atoms with E-state index in [0.717, 1.165) is 19.5 Å². The SMILES string of the molecule is NC(=O)c1c(CC2CCNC2)cc(=O)oc1N. The van der Waals surface area contributed by atoms with Gasteiger partial charge in [0, 0.05) is 6.07 Å². The third-order valence-electron chi connectivity index (χ3n) is 2.99. The fraction of sp³-hybridized carbons (Fsp3) is 0.455. The number of hydrogen-bond donors (Lipinski definition) is 3. The van der Waals surface area contributed by atoms with Crippen LogP contribution in [0.1, 0.15) is 22.3 Å². The smallest absolute Gasteiger partial charge is 0.337 e. The summed E-state index contributed by atoms with van der Waals surface area (Å²) in [6.45, 7) is 1.83. The minimum atomic E-state index is -0.660. The Morgan fingerprint density at radius 1 is 1.59 bits per heavy atom. The highest BCUT2D eigenvalue weighted by atomic mass is 16.4. The number of rotatable bonds is 3. The normalized spacial score (nSPS) is 19.4. The predicted octanol–water partition coefficient (Wildman–Crippen LogP) is -0.527. The van der Waals surface area contributed by atoms with Gasteiger partial charge in [0.25, 0.3) is 5.91 Å². The third kappa shape index (κ3) is 2.47. The minimum absolute atomic E-state index is 0.136. The number of hydrogen-bond acceptors (Lipinski definition) is 5. The molecule has 5 N–H and O–H groups in total. The molecule has 6 nitrogen and oxygen atoms in total. The summed E-state index contributed by atoms with van der Waals surface area (Å²) in [5.74, 6) is -0.451. The molecule has 1 unspecified atom stereocenters. The van der Waals surface area contributed by atoms with Crippen molar-refractivity contribution in [2.75, 3.05) is 18.8 Å². The fourth-order valence-corrected chi connectivity index (χ4v) is 2.20. The van der Waals surface area contributed by atoms with Gasteiger partial charge in [-0.15, -0.1) is 0 Å². The van der Waals surface area contributed by atoms with E-state index in [-0.39, 0.29) is 11.4 Å². The lowest BCUT2D eigenvalue weighted by molar-refractivity contribution is 0.0998. The van der Waals surface area contributed by atoms with Crippen molar-refractivity contribution < 1.29 is 9.21 Å². The van der Waals surface area contributed by atoms with Crippen molar-refractivity contribution in [2.45, 2.75) is 12.8 Å². The zero-order valence-corrected chi connectivity index (χ0v) is 9.36. The molecule has 1 aromatic heterocycles. The molecular weight excluding hydrogens is 222 g/mol. The monoisotopic (exact) mass is 237 g/mol. The molecule has 17 heavy (non-hydrogen) atoms. The summed E-state index contributed by atoms with van der Waals surface area (Å²) >= 11 is 0. The van der Waals surface area contributed by atoms with Gasteiger partial charge in [-0.3, -0.25) is 4.79 Å². The fourth-order valence-electron chi connectivity index (χ4n) is 2.20. The highest BCUT2D eigenvalue weighted by molar-refractivity contribution is 5.98. The largest absolute Gasteiger partial charge is 0.406 e. The van der Waals surface area contributed by atoms with E-state index in [1.165, 1.54) is 6.07 Å². The average molecular weight is 237 g/mol. The molecule has 0 aromatic carbocycles. The maximum Gasteiger partial charge on any atom is 0.337 e. The minimum Gasteiger partial charge on any atom is -0.406 e. The lowest BCUT2D eigenvalue weighted by Crippen LogP contribution is -2.21. The highest BCUT2D eigenvalue weighted by Crippen LogP contribution is 2.20. The van der Waals surface area contributed by atoms with Crippen LogP contribution in [0.25, 0.3) is 0 Å². The quantitative estimate of drug-likeness (QED) is 0.654.